The summed E-state index contributed by atoms with van der Waals surface area (Å²) in [6.45, 7) is 2.53. The van der Waals surface area contributed by atoms with Gasteiger partial charge in [-0.3, -0.25) is 4.79 Å². The van der Waals surface area contributed by atoms with E-state index in [0.717, 1.165) is 18.8 Å². The second kappa shape index (κ2) is 5.80. The van der Waals surface area contributed by atoms with Crippen LogP contribution in [0, 0.1) is 5.92 Å². The lowest BCUT2D eigenvalue weighted by Gasteiger charge is -2.18. The molecule has 1 saturated carbocycles. The maximum atomic E-state index is 11.9. The van der Waals surface area contributed by atoms with Crippen molar-refractivity contribution in [2.45, 2.75) is 32.2 Å². The lowest BCUT2D eigenvalue weighted by molar-refractivity contribution is -0.120. The van der Waals surface area contributed by atoms with Crippen LogP contribution in [-0.2, 0) is 4.79 Å². The number of hydrogen-bond acceptors (Lipinski definition) is 4. The molecule has 0 bridgehead atoms. The molecule has 5 nitrogen and oxygen atoms in total. The maximum Gasteiger partial charge on any atom is 0.239 e. The molecule has 1 amide bonds. The van der Waals surface area contributed by atoms with E-state index in [1.54, 1.807) is 23.4 Å². The number of carbonyl (C=O) groups is 1. The predicted octanol–water partition coefficient (Wildman–Crippen LogP) is 1.22. The summed E-state index contributed by atoms with van der Waals surface area (Å²) in [5.74, 6) is 1.35. The van der Waals surface area contributed by atoms with Crippen LogP contribution in [0.3, 0.4) is 0 Å². The molecular formula is C13H20N4O. The highest BCUT2D eigenvalue weighted by atomic mass is 16.2. The van der Waals surface area contributed by atoms with E-state index in [-0.39, 0.29) is 5.91 Å². The highest BCUT2D eigenvalue weighted by Gasteiger charge is 2.23. The topological polar surface area (TPSA) is 58.1 Å². The van der Waals surface area contributed by atoms with Crippen molar-refractivity contribution in [2.24, 2.45) is 5.92 Å². The Hall–Kier alpha value is -1.65. The first-order valence-corrected chi connectivity index (χ1v) is 6.42. The summed E-state index contributed by atoms with van der Waals surface area (Å²) >= 11 is 0. The van der Waals surface area contributed by atoms with E-state index in [1.807, 2.05) is 7.05 Å². The Bertz CT molecular complexity index is 395. The van der Waals surface area contributed by atoms with Gasteiger partial charge in [-0.1, -0.05) is 6.92 Å². The van der Waals surface area contributed by atoms with E-state index in [1.165, 1.54) is 6.42 Å². The summed E-state index contributed by atoms with van der Waals surface area (Å²) in [6, 6.07) is 2.11. The van der Waals surface area contributed by atoms with Crippen LogP contribution in [0.1, 0.15) is 26.2 Å². The van der Waals surface area contributed by atoms with E-state index < -0.39 is 0 Å². The van der Waals surface area contributed by atoms with Crippen molar-refractivity contribution < 1.29 is 4.79 Å². The van der Waals surface area contributed by atoms with E-state index in [2.05, 4.69) is 22.2 Å². The molecule has 1 aromatic rings. The average molecular weight is 248 g/mol. The summed E-state index contributed by atoms with van der Waals surface area (Å²) in [5, 5.41) is 3.07. The Labute approximate surface area is 108 Å². The van der Waals surface area contributed by atoms with Crippen LogP contribution in [-0.4, -0.2) is 35.5 Å². The zero-order chi connectivity index (χ0) is 13.0. The van der Waals surface area contributed by atoms with Crippen molar-refractivity contribution in [2.75, 3.05) is 18.5 Å². The largest absolute Gasteiger partial charge is 0.352 e. The van der Waals surface area contributed by atoms with Crippen LogP contribution in [0.25, 0.3) is 0 Å². The highest BCUT2D eigenvalue weighted by Crippen LogP contribution is 2.24. The Morgan fingerprint density at radius 2 is 2.17 bits per heavy atom. The number of amides is 1. The van der Waals surface area contributed by atoms with Gasteiger partial charge in [0.15, 0.2) is 0 Å². The van der Waals surface area contributed by atoms with E-state index >= 15 is 0 Å². The van der Waals surface area contributed by atoms with E-state index in [4.69, 9.17) is 0 Å². The maximum absolute atomic E-state index is 11.9. The van der Waals surface area contributed by atoms with Crippen molar-refractivity contribution in [3.63, 3.8) is 0 Å². The summed E-state index contributed by atoms with van der Waals surface area (Å²) in [4.78, 5) is 21.9. The molecule has 98 valence electrons. The number of likely N-dealkylation sites (N-methyl/N-ethyl adjacent to an activating group) is 1. The van der Waals surface area contributed by atoms with Gasteiger partial charge in [0.25, 0.3) is 0 Å². The predicted molar refractivity (Wildman–Crippen MR) is 70.2 cm³/mol. The SMILES string of the molecule is CC1CCC(NC(=O)CN(C)c2ncccn2)C1. The van der Waals surface area contributed by atoms with Gasteiger partial charge < -0.3 is 10.2 Å². The van der Waals surface area contributed by atoms with Crippen LogP contribution in [0.4, 0.5) is 5.95 Å². The monoisotopic (exact) mass is 248 g/mol. The molecule has 1 heterocycles. The quantitative estimate of drug-likeness (QED) is 0.870. The Morgan fingerprint density at radius 3 is 2.78 bits per heavy atom. The Balaban J connectivity index is 1.81. The van der Waals surface area contributed by atoms with Crippen molar-refractivity contribution in [3.8, 4) is 0 Å². The first-order valence-electron chi connectivity index (χ1n) is 6.42. The minimum Gasteiger partial charge on any atom is -0.352 e. The van der Waals surface area contributed by atoms with E-state index in [9.17, 15) is 4.79 Å². The Kier molecular flexibility index (Phi) is 4.12. The van der Waals surface area contributed by atoms with Gasteiger partial charge in [-0.15, -0.1) is 0 Å². The molecule has 2 unspecified atom stereocenters. The number of nitrogens with one attached hydrogen (secondary N) is 1. The lowest BCUT2D eigenvalue weighted by atomic mass is 10.1. The van der Waals surface area contributed by atoms with Crippen molar-refractivity contribution >= 4 is 11.9 Å². The number of hydrogen-bond donors (Lipinski definition) is 1. The van der Waals surface area contributed by atoms with Gasteiger partial charge in [0.05, 0.1) is 6.54 Å². The summed E-state index contributed by atoms with van der Waals surface area (Å²) in [7, 11) is 1.83. The molecule has 2 atom stereocenters. The molecular weight excluding hydrogens is 228 g/mol. The molecule has 0 saturated heterocycles. The van der Waals surface area contributed by atoms with Gasteiger partial charge in [0.1, 0.15) is 0 Å². The van der Waals surface area contributed by atoms with Crippen LogP contribution < -0.4 is 10.2 Å². The molecule has 0 aromatic carbocycles. The first kappa shape index (κ1) is 12.8. The van der Waals surface area contributed by atoms with Gasteiger partial charge in [-0.05, 0) is 31.2 Å². The second-order valence-electron chi connectivity index (χ2n) is 5.09. The standard InChI is InChI=1S/C13H20N4O/c1-10-4-5-11(8-10)16-12(18)9-17(2)13-14-6-3-7-15-13/h3,6-7,10-11H,4-5,8-9H2,1-2H3,(H,16,18). The molecule has 18 heavy (non-hydrogen) atoms. The molecule has 5 heteroatoms. The molecule has 0 spiro atoms. The van der Waals surface area contributed by atoms with Gasteiger partial charge in [-0.2, -0.15) is 0 Å². The van der Waals surface area contributed by atoms with Gasteiger partial charge in [0, 0.05) is 25.5 Å². The normalized spacial score (nSPS) is 22.8. The third kappa shape index (κ3) is 3.42. The molecule has 2 rings (SSSR count). The van der Waals surface area contributed by atoms with Crippen LogP contribution >= 0.6 is 0 Å². The third-order valence-corrected chi connectivity index (χ3v) is 3.33. The fourth-order valence-corrected chi connectivity index (χ4v) is 2.39. The van der Waals surface area contributed by atoms with E-state index in [0.29, 0.717) is 18.5 Å². The molecule has 1 aromatic heterocycles. The summed E-state index contributed by atoms with van der Waals surface area (Å²) < 4.78 is 0. The van der Waals surface area contributed by atoms with Crippen molar-refractivity contribution in [1.29, 1.82) is 0 Å². The molecule has 0 aliphatic heterocycles. The average Bonchev–Trinajstić information content (AvgIpc) is 2.75. The van der Waals surface area contributed by atoms with Gasteiger partial charge >= 0.3 is 0 Å². The molecule has 1 fully saturated rings. The van der Waals surface area contributed by atoms with Gasteiger partial charge in [-0.25, -0.2) is 9.97 Å². The summed E-state index contributed by atoms with van der Waals surface area (Å²) in [6.07, 6.45) is 6.75. The number of anilines is 1. The molecule has 1 N–H and O–H groups in total. The number of rotatable bonds is 4. The number of aromatic nitrogens is 2. The Morgan fingerprint density at radius 1 is 1.44 bits per heavy atom. The smallest absolute Gasteiger partial charge is 0.239 e. The molecule has 1 aliphatic rings. The zero-order valence-electron chi connectivity index (χ0n) is 11.0. The van der Waals surface area contributed by atoms with Crippen molar-refractivity contribution in [1.82, 2.24) is 15.3 Å². The fourth-order valence-electron chi connectivity index (χ4n) is 2.39. The second-order valence-corrected chi connectivity index (χ2v) is 5.09. The van der Waals surface area contributed by atoms with Crippen LogP contribution in [0.15, 0.2) is 18.5 Å². The van der Waals surface area contributed by atoms with Crippen LogP contribution in [0.2, 0.25) is 0 Å². The van der Waals surface area contributed by atoms with Gasteiger partial charge in [0.2, 0.25) is 11.9 Å². The fraction of sp³-hybridized carbons (Fsp3) is 0.615. The zero-order valence-corrected chi connectivity index (χ0v) is 11.0. The third-order valence-electron chi connectivity index (χ3n) is 3.33. The lowest BCUT2D eigenvalue weighted by Crippen LogP contribution is -2.40. The molecule has 1 aliphatic carbocycles. The highest BCUT2D eigenvalue weighted by molar-refractivity contribution is 5.80. The number of nitrogens with zero attached hydrogens (tertiary/aromatic N) is 3. The first-order chi connectivity index (χ1) is 8.65. The minimum absolute atomic E-state index is 0.0454. The van der Waals surface area contributed by atoms with Crippen molar-refractivity contribution in [3.05, 3.63) is 18.5 Å². The van der Waals surface area contributed by atoms with Crippen LogP contribution in [0.5, 0.6) is 0 Å². The molecule has 0 radical (unpaired) electrons. The summed E-state index contributed by atoms with van der Waals surface area (Å²) in [5.41, 5.74) is 0. The number of carbonyl (C=O) groups excluding carboxylic acids is 1. The minimum atomic E-state index is 0.0454.